The first-order valence-corrected chi connectivity index (χ1v) is 10.2. The quantitative estimate of drug-likeness (QED) is 0.563. The topological polar surface area (TPSA) is 91.5 Å². The Morgan fingerprint density at radius 2 is 2.03 bits per heavy atom. The van der Waals surface area contributed by atoms with Crippen LogP contribution in [0.4, 0.5) is 0 Å². The molecule has 1 N–H and O–H groups in total. The fourth-order valence-electron chi connectivity index (χ4n) is 3.03. The van der Waals surface area contributed by atoms with Crippen molar-refractivity contribution in [2.75, 3.05) is 19.2 Å². The van der Waals surface area contributed by atoms with E-state index >= 15 is 0 Å². The standard InChI is InChI=1S/C20H22N4O4S/c1-13-3-5-17(14(2)7-13)24-20(21-22-23-24)29-11-16(25)10-26-9-15-4-6-18-19(8-15)28-12-27-18/h3-8,16,25H,9-12H2,1-2H3. The number of benzene rings is 2. The zero-order chi connectivity index (χ0) is 20.2. The van der Waals surface area contributed by atoms with Crippen LogP contribution in [0.15, 0.2) is 41.6 Å². The highest BCUT2D eigenvalue weighted by molar-refractivity contribution is 7.99. The summed E-state index contributed by atoms with van der Waals surface area (Å²) in [6.07, 6.45) is -0.640. The van der Waals surface area contributed by atoms with Gasteiger partial charge >= 0.3 is 0 Å². The van der Waals surface area contributed by atoms with Crippen molar-refractivity contribution in [2.45, 2.75) is 31.7 Å². The Morgan fingerprint density at radius 3 is 2.90 bits per heavy atom. The lowest BCUT2D eigenvalue weighted by Crippen LogP contribution is -2.18. The summed E-state index contributed by atoms with van der Waals surface area (Å²) in [7, 11) is 0. The molecular formula is C20H22N4O4S. The lowest BCUT2D eigenvalue weighted by molar-refractivity contribution is 0.0397. The van der Waals surface area contributed by atoms with Crippen LogP contribution in [-0.2, 0) is 11.3 Å². The number of thioether (sulfide) groups is 1. The minimum Gasteiger partial charge on any atom is -0.454 e. The second-order valence-electron chi connectivity index (χ2n) is 6.83. The Kier molecular flexibility index (Phi) is 5.98. The average Bonchev–Trinajstić information content (AvgIpc) is 3.35. The SMILES string of the molecule is Cc1ccc(-n2nnnc2SCC(O)COCc2ccc3c(c2)OCO3)c(C)c1. The molecule has 0 amide bonds. The molecule has 1 atom stereocenters. The smallest absolute Gasteiger partial charge is 0.231 e. The van der Waals surface area contributed by atoms with Crippen LogP contribution in [0.5, 0.6) is 11.5 Å². The number of fused-ring (bicyclic) bond motifs is 1. The third-order valence-electron chi connectivity index (χ3n) is 4.44. The molecule has 2 aromatic carbocycles. The summed E-state index contributed by atoms with van der Waals surface area (Å²) in [5.74, 6) is 1.89. The van der Waals surface area contributed by atoms with Crippen LogP contribution < -0.4 is 9.47 Å². The summed E-state index contributed by atoms with van der Waals surface area (Å²) in [4.78, 5) is 0. The molecule has 1 aliphatic heterocycles. The summed E-state index contributed by atoms with van der Waals surface area (Å²) >= 11 is 1.39. The van der Waals surface area contributed by atoms with E-state index in [1.807, 2.05) is 44.2 Å². The molecule has 1 unspecified atom stereocenters. The zero-order valence-corrected chi connectivity index (χ0v) is 17.1. The van der Waals surface area contributed by atoms with Crippen LogP contribution in [0.3, 0.4) is 0 Å². The van der Waals surface area contributed by atoms with Gasteiger partial charge in [0.05, 0.1) is 25.0 Å². The molecule has 0 fully saturated rings. The Bertz CT molecular complexity index is 994. The number of hydrogen-bond acceptors (Lipinski definition) is 8. The predicted molar refractivity (Wildman–Crippen MR) is 108 cm³/mol. The maximum Gasteiger partial charge on any atom is 0.231 e. The van der Waals surface area contributed by atoms with Crippen LogP contribution in [0.1, 0.15) is 16.7 Å². The monoisotopic (exact) mass is 414 g/mol. The first kappa shape index (κ1) is 19.7. The van der Waals surface area contributed by atoms with E-state index in [1.54, 1.807) is 4.68 Å². The van der Waals surface area contributed by atoms with Gasteiger partial charge in [-0.1, -0.05) is 35.5 Å². The molecular weight excluding hydrogens is 392 g/mol. The summed E-state index contributed by atoms with van der Waals surface area (Å²) in [6.45, 7) is 4.92. The second kappa shape index (κ2) is 8.81. The first-order valence-electron chi connectivity index (χ1n) is 9.23. The molecule has 4 rings (SSSR count). The number of ether oxygens (including phenoxy) is 3. The van der Waals surface area contributed by atoms with E-state index in [1.165, 1.54) is 17.3 Å². The lowest BCUT2D eigenvalue weighted by atomic mass is 10.1. The largest absolute Gasteiger partial charge is 0.454 e. The molecule has 0 spiro atoms. The summed E-state index contributed by atoms with van der Waals surface area (Å²) in [6, 6.07) is 11.8. The number of aryl methyl sites for hydroxylation is 2. The molecule has 0 aliphatic carbocycles. The lowest BCUT2D eigenvalue weighted by Gasteiger charge is -2.12. The number of rotatable bonds is 8. The Morgan fingerprint density at radius 1 is 1.17 bits per heavy atom. The predicted octanol–water partition coefficient (Wildman–Crippen LogP) is 2.68. The third-order valence-corrected chi connectivity index (χ3v) is 5.51. The van der Waals surface area contributed by atoms with E-state index in [0.29, 0.717) is 17.5 Å². The summed E-state index contributed by atoms with van der Waals surface area (Å²) in [5.41, 5.74) is 4.17. The van der Waals surface area contributed by atoms with Crippen molar-refractivity contribution in [3.63, 3.8) is 0 Å². The van der Waals surface area contributed by atoms with Crippen LogP contribution in [-0.4, -0.2) is 50.6 Å². The van der Waals surface area contributed by atoms with Crippen LogP contribution in [0.25, 0.3) is 5.69 Å². The van der Waals surface area contributed by atoms with Gasteiger partial charge in [-0.3, -0.25) is 0 Å². The van der Waals surface area contributed by atoms with E-state index < -0.39 is 6.10 Å². The molecule has 0 saturated heterocycles. The van der Waals surface area contributed by atoms with Gasteiger partial charge in [0.2, 0.25) is 11.9 Å². The van der Waals surface area contributed by atoms with Crippen molar-refractivity contribution in [2.24, 2.45) is 0 Å². The highest BCUT2D eigenvalue weighted by Crippen LogP contribution is 2.32. The fourth-order valence-corrected chi connectivity index (χ4v) is 3.81. The molecule has 1 aromatic heterocycles. The Hall–Kier alpha value is -2.62. The van der Waals surface area contributed by atoms with Gasteiger partial charge in [0, 0.05) is 5.75 Å². The van der Waals surface area contributed by atoms with Crippen LogP contribution >= 0.6 is 11.8 Å². The maximum absolute atomic E-state index is 10.3. The summed E-state index contributed by atoms with van der Waals surface area (Å²) < 4.78 is 18.0. The molecule has 3 aromatic rings. The van der Waals surface area contributed by atoms with Crippen molar-refractivity contribution < 1.29 is 19.3 Å². The van der Waals surface area contributed by atoms with Gasteiger partial charge in [-0.05, 0) is 53.6 Å². The molecule has 29 heavy (non-hydrogen) atoms. The van der Waals surface area contributed by atoms with Gasteiger partial charge in [-0.2, -0.15) is 4.68 Å². The highest BCUT2D eigenvalue weighted by atomic mass is 32.2. The average molecular weight is 414 g/mol. The van der Waals surface area contributed by atoms with Gasteiger partial charge in [0.15, 0.2) is 11.5 Å². The van der Waals surface area contributed by atoms with Gasteiger partial charge in [0.25, 0.3) is 0 Å². The van der Waals surface area contributed by atoms with Gasteiger partial charge in [-0.25, -0.2) is 0 Å². The first-order chi connectivity index (χ1) is 14.1. The zero-order valence-electron chi connectivity index (χ0n) is 16.2. The van der Waals surface area contributed by atoms with E-state index in [0.717, 1.165) is 28.3 Å². The second-order valence-corrected chi connectivity index (χ2v) is 7.82. The molecule has 2 heterocycles. The number of aliphatic hydroxyl groups excluding tert-OH is 1. The van der Waals surface area contributed by atoms with E-state index in [4.69, 9.17) is 14.2 Å². The van der Waals surface area contributed by atoms with Crippen molar-refractivity contribution in [1.82, 2.24) is 20.2 Å². The molecule has 9 heteroatoms. The molecule has 0 radical (unpaired) electrons. The normalized spacial score (nSPS) is 13.6. The van der Waals surface area contributed by atoms with E-state index in [-0.39, 0.29) is 13.4 Å². The van der Waals surface area contributed by atoms with Crippen LogP contribution in [0, 0.1) is 13.8 Å². The van der Waals surface area contributed by atoms with Crippen molar-refractivity contribution >= 4 is 11.8 Å². The molecule has 152 valence electrons. The minimum absolute atomic E-state index is 0.215. The number of hydrogen-bond donors (Lipinski definition) is 1. The molecule has 0 saturated carbocycles. The fraction of sp³-hybridized carbons (Fsp3) is 0.350. The van der Waals surface area contributed by atoms with Crippen molar-refractivity contribution in [3.8, 4) is 17.2 Å². The Balaban J connectivity index is 1.28. The van der Waals surface area contributed by atoms with Gasteiger partial charge in [-0.15, -0.1) is 5.10 Å². The number of aromatic nitrogens is 4. The molecule has 8 nitrogen and oxygen atoms in total. The molecule has 0 bridgehead atoms. The molecule has 1 aliphatic rings. The number of aliphatic hydroxyl groups is 1. The minimum atomic E-state index is -0.640. The van der Waals surface area contributed by atoms with Gasteiger partial charge < -0.3 is 19.3 Å². The van der Waals surface area contributed by atoms with Crippen molar-refractivity contribution in [3.05, 3.63) is 53.1 Å². The van der Waals surface area contributed by atoms with Gasteiger partial charge in [0.1, 0.15) is 0 Å². The van der Waals surface area contributed by atoms with Crippen LogP contribution in [0.2, 0.25) is 0 Å². The highest BCUT2D eigenvalue weighted by Gasteiger charge is 2.15. The van der Waals surface area contributed by atoms with E-state index in [9.17, 15) is 5.11 Å². The Labute approximate surface area is 172 Å². The maximum atomic E-state index is 10.3. The summed E-state index contributed by atoms with van der Waals surface area (Å²) in [5, 5.41) is 22.8. The number of tetrazole rings is 1. The van der Waals surface area contributed by atoms with Crippen molar-refractivity contribution in [1.29, 1.82) is 0 Å². The number of nitrogens with zero attached hydrogens (tertiary/aromatic N) is 4. The van der Waals surface area contributed by atoms with E-state index in [2.05, 4.69) is 21.6 Å². The third kappa shape index (κ3) is 4.69.